The van der Waals surface area contributed by atoms with Crippen LogP contribution < -0.4 is 5.32 Å². The van der Waals surface area contributed by atoms with Gasteiger partial charge in [-0.25, -0.2) is 4.39 Å². The fourth-order valence-electron chi connectivity index (χ4n) is 1.37. The molecule has 0 amide bonds. The van der Waals surface area contributed by atoms with Crippen LogP contribution in [0.1, 0.15) is 0 Å². The van der Waals surface area contributed by atoms with Crippen LogP contribution in [0.4, 0.5) is 10.1 Å². The summed E-state index contributed by atoms with van der Waals surface area (Å²) < 4.78 is 15.8. The number of halogens is 2. The summed E-state index contributed by atoms with van der Waals surface area (Å²) in [4.78, 5) is 0. The quantitative estimate of drug-likeness (QED) is 0.873. The van der Waals surface area contributed by atoms with Crippen LogP contribution >= 0.6 is 22.6 Å². The monoisotopic (exact) mass is 331 g/mol. The summed E-state index contributed by atoms with van der Waals surface area (Å²) in [7, 11) is 0. The van der Waals surface area contributed by atoms with E-state index in [9.17, 15) is 4.39 Å². The maximum Gasteiger partial charge on any atom is 0.125 e. The third-order valence-corrected chi connectivity index (χ3v) is 2.65. The highest BCUT2D eigenvalue weighted by Gasteiger charge is 1.96. The van der Waals surface area contributed by atoms with E-state index < -0.39 is 0 Å². The van der Waals surface area contributed by atoms with Gasteiger partial charge in [-0.05, 0) is 40.8 Å². The van der Waals surface area contributed by atoms with Crippen LogP contribution in [0.2, 0.25) is 0 Å². The second-order valence-electron chi connectivity index (χ2n) is 3.36. The van der Waals surface area contributed by atoms with Crippen LogP contribution in [0.5, 0.6) is 0 Å². The van der Waals surface area contributed by atoms with Gasteiger partial charge in [0.15, 0.2) is 0 Å². The summed E-state index contributed by atoms with van der Waals surface area (Å²) >= 11 is 2.21. The van der Waals surface area contributed by atoms with Crippen LogP contribution in [0.15, 0.2) is 36.7 Å². The molecule has 3 nitrogen and oxygen atoms in total. The maximum atomic E-state index is 12.9. The van der Waals surface area contributed by atoms with Crippen molar-refractivity contribution in [1.29, 1.82) is 0 Å². The number of anilines is 1. The molecule has 0 aliphatic rings. The van der Waals surface area contributed by atoms with Crippen LogP contribution in [-0.2, 0) is 6.54 Å². The predicted molar refractivity (Wildman–Crippen MR) is 69.8 cm³/mol. The Labute approximate surface area is 107 Å². The lowest BCUT2D eigenvalue weighted by Crippen LogP contribution is -2.10. The topological polar surface area (TPSA) is 29.9 Å². The molecular formula is C11H11FIN3. The van der Waals surface area contributed by atoms with Crippen LogP contribution in [-0.4, -0.2) is 16.3 Å². The molecular weight excluding hydrogens is 320 g/mol. The summed E-state index contributed by atoms with van der Waals surface area (Å²) in [6.45, 7) is 1.49. The third-order valence-electron chi connectivity index (χ3n) is 2.10. The van der Waals surface area contributed by atoms with Crippen molar-refractivity contribution in [2.75, 3.05) is 11.9 Å². The summed E-state index contributed by atoms with van der Waals surface area (Å²) in [5.41, 5.74) is 0.793. The van der Waals surface area contributed by atoms with Crippen LogP contribution in [0, 0.1) is 9.39 Å². The van der Waals surface area contributed by atoms with E-state index in [4.69, 9.17) is 0 Å². The molecule has 1 aromatic carbocycles. The average Bonchev–Trinajstić information content (AvgIpc) is 2.64. The molecule has 0 aliphatic carbocycles. The number of aromatic nitrogens is 2. The van der Waals surface area contributed by atoms with Gasteiger partial charge in [-0.1, -0.05) is 6.07 Å². The van der Waals surface area contributed by atoms with E-state index in [2.05, 4.69) is 33.0 Å². The van der Waals surface area contributed by atoms with Gasteiger partial charge in [-0.2, -0.15) is 5.10 Å². The largest absolute Gasteiger partial charge is 0.383 e. The molecule has 16 heavy (non-hydrogen) atoms. The van der Waals surface area contributed by atoms with Crippen molar-refractivity contribution in [3.63, 3.8) is 0 Å². The van der Waals surface area contributed by atoms with E-state index in [1.54, 1.807) is 6.07 Å². The number of hydrogen-bond donors (Lipinski definition) is 1. The highest BCUT2D eigenvalue weighted by Crippen LogP contribution is 2.08. The molecule has 2 aromatic rings. The standard InChI is InChI=1S/C11H11FIN3/c12-9-2-1-3-11(6-9)14-4-5-16-8-10(13)7-15-16/h1-3,6-8,14H,4-5H2. The van der Waals surface area contributed by atoms with E-state index in [0.717, 1.165) is 22.3 Å². The number of nitrogens with one attached hydrogen (secondary N) is 1. The fourth-order valence-corrected chi connectivity index (χ4v) is 1.82. The molecule has 1 N–H and O–H groups in total. The molecule has 0 saturated carbocycles. The summed E-state index contributed by atoms with van der Waals surface area (Å²) in [5.74, 6) is -0.223. The Kier molecular flexibility index (Phi) is 3.76. The van der Waals surface area contributed by atoms with Gasteiger partial charge in [-0.15, -0.1) is 0 Å². The van der Waals surface area contributed by atoms with Gasteiger partial charge < -0.3 is 5.32 Å². The van der Waals surface area contributed by atoms with E-state index in [1.165, 1.54) is 12.1 Å². The fraction of sp³-hybridized carbons (Fsp3) is 0.182. The number of hydrogen-bond acceptors (Lipinski definition) is 2. The maximum absolute atomic E-state index is 12.9. The molecule has 84 valence electrons. The molecule has 0 aliphatic heterocycles. The molecule has 5 heteroatoms. The molecule has 0 radical (unpaired) electrons. The first-order valence-electron chi connectivity index (χ1n) is 4.91. The Morgan fingerprint density at radius 2 is 2.31 bits per heavy atom. The zero-order valence-electron chi connectivity index (χ0n) is 8.53. The Bertz CT molecular complexity index is 470. The van der Waals surface area contributed by atoms with Crippen molar-refractivity contribution in [2.24, 2.45) is 0 Å². The van der Waals surface area contributed by atoms with E-state index >= 15 is 0 Å². The van der Waals surface area contributed by atoms with Gasteiger partial charge >= 0.3 is 0 Å². The molecule has 0 spiro atoms. The summed E-state index contributed by atoms with van der Waals surface area (Å²) in [6.07, 6.45) is 3.77. The lowest BCUT2D eigenvalue weighted by Gasteiger charge is -2.06. The third kappa shape index (κ3) is 3.19. The first kappa shape index (κ1) is 11.4. The zero-order valence-corrected chi connectivity index (χ0v) is 10.7. The Balaban J connectivity index is 1.84. The van der Waals surface area contributed by atoms with E-state index in [0.29, 0.717) is 0 Å². The summed E-state index contributed by atoms with van der Waals surface area (Å²) in [5, 5.41) is 7.30. The molecule has 0 unspecified atom stereocenters. The van der Waals surface area contributed by atoms with Gasteiger partial charge in [0, 0.05) is 18.4 Å². The highest BCUT2D eigenvalue weighted by molar-refractivity contribution is 14.1. The Hall–Kier alpha value is -1.11. The van der Waals surface area contributed by atoms with Gasteiger partial charge in [0.25, 0.3) is 0 Å². The van der Waals surface area contributed by atoms with Crippen LogP contribution in [0.25, 0.3) is 0 Å². The molecule has 0 fully saturated rings. The zero-order chi connectivity index (χ0) is 11.4. The van der Waals surface area contributed by atoms with Gasteiger partial charge in [0.2, 0.25) is 0 Å². The molecule has 1 aromatic heterocycles. The number of benzene rings is 1. The van der Waals surface area contributed by atoms with Gasteiger partial charge in [-0.3, -0.25) is 4.68 Å². The van der Waals surface area contributed by atoms with Crippen molar-refractivity contribution < 1.29 is 4.39 Å². The lowest BCUT2D eigenvalue weighted by atomic mass is 10.3. The van der Waals surface area contributed by atoms with Gasteiger partial charge in [0.1, 0.15) is 5.82 Å². The van der Waals surface area contributed by atoms with E-state index in [1.807, 2.05) is 23.1 Å². The SMILES string of the molecule is Fc1cccc(NCCn2cc(I)cn2)c1. The Morgan fingerprint density at radius 3 is 3.00 bits per heavy atom. The molecule has 1 heterocycles. The average molecular weight is 331 g/mol. The second-order valence-corrected chi connectivity index (χ2v) is 4.60. The van der Waals surface area contributed by atoms with Gasteiger partial charge in [0.05, 0.1) is 16.3 Å². The minimum absolute atomic E-state index is 0.223. The Morgan fingerprint density at radius 1 is 1.44 bits per heavy atom. The van der Waals surface area contributed by atoms with Crippen molar-refractivity contribution >= 4 is 28.3 Å². The van der Waals surface area contributed by atoms with Crippen molar-refractivity contribution in [2.45, 2.75) is 6.54 Å². The first-order chi connectivity index (χ1) is 7.74. The van der Waals surface area contributed by atoms with E-state index in [-0.39, 0.29) is 5.82 Å². The van der Waals surface area contributed by atoms with Crippen molar-refractivity contribution in [3.05, 3.63) is 46.0 Å². The molecule has 2 rings (SSSR count). The number of rotatable bonds is 4. The minimum Gasteiger partial charge on any atom is -0.383 e. The lowest BCUT2D eigenvalue weighted by molar-refractivity contribution is 0.625. The van der Waals surface area contributed by atoms with Crippen LogP contribution in [0.3, 0.4) is 0 Å². The molecule has 0 atom stereocenters. The highest BCUT2D eigenvalue weighted by atomic mass is 127. The molecule has 0 bridgehead atoms. The normalized spacial score (nSPS) is 10.4. The second kappa shape index (κ2) is 5.29. The minimum atomic E-state index is -0.223. The smallest absolute Gasteiger partial charge is 0.125 e. The summed E-state index contributed by atoms with van der Waals surface area (Å²) in [6, 6.07) is 6.44. The van der Waals surface area contributed by atoms with Crippen molar-refractivity contribution in [1.82, 2.24) is 9.78 Å². The first-order valence-corrected chi connectivity index (χ1v) is 5.99. The number of nitrogens with zero attached hydrogens (tertiary/aromatic N) is 2. The molecule has 0 saturated heterocycles. The predicted octanol–water partition coefficient (Wildman–Crippen LogP) is 2.74. The van der Waals surface area contributed by atoms with Crippen molar-refractivity contribution in [3.8, 4) is 0 Å².